The van der Waals surface area contributed by atoms with E-state index in [-0.39, 0.29) is 61.0 Å². The zero-order chi connectivity index (χ0) is 28.5. The minimum Gasteiger partial charge on any atom is -0.386 e. The summed E-state index contributed by atoms with van der Waals surface area (Å²) >= 11 is 0. The Bertz CT molecular complexity index is 1290. The fourth-order valence-corrected chi connectivity index (χ4v) is 7.13. The molecule has 0 spiro atoms. The molecule has 0 saturated carbocycles. The van der Waals surface area contributed by atoms with Gasteiger partial charge in [-0.15, -0.1) is 6.58 Å². The summed E-state index contributed by atoms with van der Waals surface area (Å²) in [5.41, 5.74) is 1.18. The molecule has 0 aromatic heterocycles. The molecule has 0 aliphatic carbocycles. The molecule has 0 unspecified atom stereocenters. The van der Waals surface area contributed by atoms with Crippen LogP contribution in [-0.2, 0) is 35.0 Å². The van der Waals surface area contributed by atoms with Gasteiger partial charge in [0.25, 0.3) is 0 Å². The Labute approximate surface area is 248 Å². The monoisotopic (exact) mass is 574 g/mol. The van der Waals surface area contributed by atoms with Gasteiger partial charge in [0.15, 0.2) is 0 Å². The fourth-order valence-electron chi connectivity index (χ4n) is 7.13. The molecule has 0 bridgehead atoms. The highest BCUT2D eigenvalue weighted by atomic mass is 16.6. The van der Waals surface area contributed by atoms with Crippen molar-refractivity contribution in [2.24, 2.45) is 0 Å². The van der Waals surface area contributed by atoms with Crippen LogP contribution < -0.4 is 0 Å². The quantitative estimate of drug-likeness (QED) is 0.493. The molecule has 5 aliphatic rings. The number of aliphatic hydroxyl groups is 1. The minimum atomic E-state index is -0.664. The lowest BCUT2D eigenvalue weighted by Crippen LogP contribution is -2.56. The first kappa shape index (κ1) is 28.4. The summed E-state index contributed by atoms with van der Waals surface area (Å²) in [6.45, 7) is 5.06. The zero-order valence-electron chi connectivity index (χ0n) is 24.0. The number of hydrogen-bond donors (Lipinski definition) is 1. The molecule has 224 valence electrons. The Kier molecular flexibility index (Phi) is 8.60. The number of benzene rings is 2. The first-order valence-corrected chi connectivity index (χ1v) is 15.6. The SMILES string of the molecule is C=CC[C@H]1O[C@H]2C=C[C@H]3O[C@H]4C[C@H]5OCC[C@H](OCc6ccc7ccccc7c6)C[C@@H]5O[C@@H]4C[C@@H]3O[C@@H]2C/C=C\[C@@H]1O. The van der Waals surface area contributed by atoms with Crippen LogP contribution in [0.15, 0.2) is 79.4 Å². The Morgan fingerprint density at radius 1 is 0.810 bits per heavy atom. The molecule has 2 aromatic rings. The number of rotatable bonds is 5. The maximum absolute atomic E-state index is 10.5. The van der Waals surface area contributed by atoms with Crippen molar-refractivity contribution in [2.75, 3.05) is 6.61 Å². The lowest BCUT2D eigenvalue weighted by molar-refractivity contribution is -0.254. The topological polar surface area (TPSA) is 75.6 Å². The predicted octanol–water partition coefficient (Wildman–Crippen LogP) is 5.19. The van der Waals surface area contributed by atoms with Gasteiger partial charge in [-0.25, -0.2) is 0 Å². The smallest absolute Gasteiger partial charge is 0.103 e. The van der Waals surface area contributed by atoms with Crippen molar-refractivity contribution in [1.82, 2.24) is 0 Å². The van der Waals surface area contributed by atoms with E-state index in [1.54, 1.807) is 6.08 Å². The van der Waals surface area contributed by atoms with E-state index < -0.39 is 6.10 Å². The molecule has 11 atom stereocenters. The summed E-state index contributed by atoms with van der Waals surface area (Å²) < 4.78 is 39.1. The number of aliphatic hydroxyl groups excluding tert-OH is 1. The Morgan fingerprint density at radius 2 is 1.57 bits per heavy atom. The van der Waals surface area contributed by atoms with Gasteiger partial charge in [-0.2, -0.15) is 0 Å². The fraction of sp³-hybridized carbons (Fsp3) is 0.543. The standard InChI is InChI=1S/C35H42O7/c1-2-6-27-26(36)9-5-10-28-29(39-27)13-14-30-33(40-28)20-35-34(41-30)19-31-32(42-35)18-25(15-16-37-31)38-21-22-11-12-23-7-3-4-8-24(23)17-22/h2-5,7-9,11-14,17,25-36H,1,6,10,15-16,18-21H2/b9-5-/t25-,26-,27+,28+,29-,30+,31+,32-,33-,34-,35+/m0/s1. The van der Waals surface area contributed by atoms with Crippen LogP contribution in [-0.4, -0.2) is 78.9 Å². The Morgan fingerprint density at radius 3 is 2.45 bits per heavy atom. The van der Waals surface area contributed by atoms with Crippen LogP contribution in [0.5, 0.6) is 0 Å². The lowest BCUT2D eigenvalue weighted by Gasteiger charge is -2.47. The number of fused-ring (bicyclic) bond motifs is 5. The van der Waals surface area contributed by atoms with Crippen molar-refractivity contribution in [2.45, 2.75) is 112 Å². The van der Waals surface area contributed by atoms with Crippen molar-refractivity contribution in [3.8, 4) is 0 Å². The second-order valence-electron chi connectivity index (χ2n) is 12.3. The van der Waals surface area contributed by atoms with Gasteiger partial charge < -0.3 is 33.5 Å². The van der Waals surface area contributed by atoms with Gasteiger partial charge in [0.2, 0.25) is 0 Å². The average molecular weight is 575 g/mol. The van der Waals surface area contributed by atoms with Crippen molar-refractivity contribution in [1.29, 1.82) is 0 Å². The number of ether oxygens (including phenoxy) is 6. The zero-order valence-corrected chi connectivity index (χ0v) is 24.0. The van der Waals surface area contributed by atoms with Gasteiger partial charge >= 0.3 is 0 Å². The van der Waals surface area contributed by atoms with Crippen molar-refractivity contribution >= 4 is 10.8 Å². The molecule has 3 saturated heterocycles. The average Bonchev–Trinajstić information content (AvgIpc) is 3.29. The maximum atomic E-state index is 10.5. The molecule has 5 heterocycles. The summed E-state index contributed by atoms with van der Waals surface area (Å²) in [7, 11) is 0. The van der Waals surface area contributed by atoms with Gasteiger partial charge in [-0.1, -0.05) is 66.8 Å². The van der Waals surface area contributed by atoms with Gasteiger partial charge in [-0.05, 0) is 41.7 Å². The molecule has 2 aromatic carbocycles. The predicted molar refractivity (Wildman–Crippen MR) is 159 cm³/mol. The third-order valence-corrected chi connectivity index (χ3v) is 9.39. The van der Waals surface area contributed by atoms with Gasteiger partial charge in [0.05, 0.1) is 61.5 Å². The summed E-state index contributed by atoms with van der Waals surface area (Å²) in [6, 6.07) is 14.9. The molecule has 0 radical (unpaired) electrons. The molecule has 42 heavy (non-hydrogen) atoms. The van der Waals surface area contributed by atoms with Crippen LogP contribution in [0.4, 0.5) is 0 Å². The first-order chi connectivity index (χ1) is 20.6. The van der Waals surface area contributed by atoms with E-state index in [4.69, 9.17) is 28.4 Å². The molecule has 0 amide bonds. The molecule has 7 rings (SSSR count). The van der Waals surface area contributed by atoms with Crippen molar-refractivity contribution in [3.05, 3.63) is 85.0 Å². The highest BCUT2D eigenvalue weighted by Gasteiger charge is 2.48. The largest absolute Gasteiger partial charge is 0.386 e. The molecule has 1 N–H and O–H groups in total. The number of hydrogen-bond acceptors (Lipinski definition) is 7. The van der Waals surface area contributed by atoms with Crippen LogP contribution in [0.1, 0.15) is 44.1 Å². The van der Waals surface area contributed by atoms with Crippen LogP contribution in [0.3, 0.4) is 0 Å². The Hall–Kier alpha value is -2.36. The van der Waals surface area contributed by atoms with E-state index >= 15 is 0 Å². The van der Waals surface area contributed by atoms with Gasteiger partial charge in [-0.3, -0.25) is 0 Å². The first-order valence-electron chi connectivity index (χ1n) is 15.6. The minimum absolute atomic E-state index is 0.00281. The Balaban J connectivity index is 0.989. The molecule has 3 fully saturated rings. The third-order valence-electron chi connectivity index (χ3n) is 9.39. The maximum Gasteiger partial charge on any atom is 0.103 e. The van der Waals surface area contributed by atoms with Crippen molar-refractivity contribution in [3.63, 3.8) is 0 Å². The van der Waals surface area contributed by atoms with E-state index in [0.717, 1.165) is 25.7 Å². The van der Waals surface area contributed by atoms with Crippen LogP contribution in [0.25, 0.3) is 10.8 Å². The van der Waals surface area contributed by atoms with Gasteiger partial charge in [0, 0.05) is 25.9 Å². The second-order valence-corrected chi connectivity index (χ2v) is 12.3. The van der Waals surface area contributed by atoms with E-state index in [1.165, 1.54) is 16.3 Å². The van der Waals surface area contributed by atoms with Crippen LogP contribution >= 0.6 is 0 Å². The normalized spacial score (nSPS) is 40.6. The molecular weight excluding hydrogens is 532 g/mol. The van der Waals surface area contributed by atoms with Crippen LogP contribution in [0.2, 0.25) is 0 Å². The van der Waals surface area contributed by atoms with Crippen LogP contribution in [0, 0.1) is 0 Å². The van der Waals surface area contributed by atoms with Crippen molar-refractivity contribution < 1.29 is 33.5 Å². The summed E-state index contributed by atoms with van der Waals surface area (Å²) in [5, 5.41) is 13.0. The molecule has 7 nitrogen and oxygen atoms in total. The van der Waals surface area contributed by atoms with E-state index in [9.17, 15) is 5.11 Å². The lowest BCUT2D eigenvalue weighted by atomic mass is 9.89. The van der Waals surface area contributed by atoms with Gasteiger partial charge in [0.1, 0.15) is 12.2 Å². The summed E-state index contributed by atoms with van der Waals surface area (Å²) in [6.07, 6.45) is 12.4. The molecule has 5 aliphatic heterocycles. The summed E-state index contributed by atoms with van der Waals surface area (Å²) in [4.78, 5) is 0. The molecule has 7 heteroatoms. The highest BCUT2D eigenvalue weighted by Crippen LogP contribution is 2.39. The summed E-state index contributed by atoms with van der Waals surface area (Å²) in [5.74, 6) is 0. The highest BCUT2D eigenvalue weighted by molar-refractivity contribution is 5.82. The second kappa shape index (κ2) is 12.7. The molecular formula is C35H42O7. The third kappa shape index (κ3) is 6.15. The van der Waals surface area contributed by atoms with E-state index in [0.29, 0.717) is 26.1 Å². The van der Waals surface area contributed by atoms with E-state index in [1.807, 2.05) is 12.2 Å². The van der Waals surface area contributed by atoms with E-state index in [2.05, 4.69) is 61.2 Å².